The fourth-order valence-corrected chi connectivity index (χ4v) is 3.47. The van der Waals surface area contributed by atoms with Gasteiger partial charge in [0.05, 0.1) is 12.6 Å². The predicted molar refractivity (Wildman–Crippen MR) is 99.4 cm³/mol. The molecule has 1 fully saturated rings. The Morgan fingerprint density at radius 2 is 2.00 bits per heavy atom. The van der Waals surface area contributed by atoms with Crippen molar-refractivity contribution in [1.82, 2.24) is 10.2 Å². The zero-order valence-corrected chi connectivity index (χ0v) is 15.0. The van der Waals surface area contributed by atoms with Crippen molar-refractivity contribution >= 4 is 6.09 Å². The molecule has 0 bridgehead atoms. The van der Waals surface area contributed by atoms with Crippen LogP contribution in [0.5, 0.6) is 0 Å². The molecule has 138 valence electrons. The van der Waals surface area contributed by atoms with Crippen molar-refractivity contribution in [2.45, 2.75) is 31.8 Å². The topological polar surface area (TPSA) is 41.6 Å². The highest BCUT2D eigenvalue weighted by Crippen LogP contribution is 2.29. The van der Waals surface area contributed by atoms with E-state index in [1.54, 1.807) is 12.1 Å². The lowest BCUT2D eigenvalue weighted by atomic mass is 9.94. The summed E-state index contributed by atoms with van der Waals surface area (Å²) in [6, 6.07) is 16.8. The van der Waals surface area contributed by atoms with E-state index >= 15 is 0 Å². The van der Waals surface area contributed by atoms with Gasteiger partial charge in [-0.15, -0.1) is 0 Å². The van der Waals surface area contributed by atoms with E-state index in [2.05, 4.69) is 22.3 Å². The summed E-state index contributed by atoms with van der Waals surface area (Å²) in [6.07, 6.45) is 0.380. The van der Waals surface area contributed by atoms with Crippen LogP contribution in [0.3, 0.4) is 0 Å². The molecule has 0 saturated carbocycles. The van der Waals surface area contributed by atoms with Crippen molar-refractivity contribution in [3.05, 3.63) is 71.5 Å². The highest BCUT2D eigenvalue weighted by Gasteiger charge is 2.35. The van der Waals surface area contributed by atoms with Crippen molar-refractivity contribution in [3.8, 4) is 0 Å². The molecule has 2 aromatic rings. The molecule has 0 spiro atoms. The number of carbonyl (C=O) groups is 1. The number of hydrogen-bond acceptors (Lipinski definition) is 3. The van der Waals surface area contributed by atoms with Crippen LogP contribution in [0.2, 0.25) is 0 Å². The fourth-order valence-electron chi connectivity index (χ4n) is 3.47. The number of carbonyl (C=O) groups excluding carboxylic acids is 1. The van der Waals surface area contributed by atoms with Crippen LogP contribution in [0.1, 0.15) is 30.4 Å². The zero-order valence-electron chi connectivity index (χ0n) is 15.0. The average molecular weight is 356 g/mol. The number of hydrogen-bond donors (Lipinski definition) is 1. The Hall–Kier alpha value is -2.40. The van der Waals surface area contributed by atoms with Crippen molar-refractivity contribution in [2.75, 3.05) is 19.7 Å². The van der Waals surface area contributed by atoms with Crippen molar-refractivity contribution in [3.63, 3.8) is 0 Å². The van der Waals surface area contributed by atoms with E-state index in [0.29, 0.717) is 13.2 Å². The lowest BCUT2D eigenvalue weighted by molar-refractivity contribution is 0.141. The summed E-state index contributed by atoms with van der Waals surface area (Å²) < 4.78 is 18.9. The second-order valence-corrected chi connectivity index (χ2v) is 6.73. The molecule has 3 rings (SSSR count). The van der Waals surface area contributed by atoms with Gasteiger partial charge in [0.25, 0.3) is 0 Å². The number of halogens is 1. The van der Waals surface area contributed by atoms with Gasteiger partial charge in [-0.2, -0.15) is 0 Å². The summed E-state index contributed by atoms with van der Waals surface area (Å²) in [6.45, 7) is 4.63. The molecule has 0 aromatic heterocycles. The van der Waals surface area contributed by atoms with Gasteiger partial charge in [0.2, 0.25) is 0 Å². The number of nitrogens with one attached hydrogen (secondary N) is 1. The summed E-state index contributed by atoms with van der Waals surface area (Å²) in [5.74, 6) is -0.222. The lowest BCUT2D eigenvalue weighted by Gasteiger charge is -2.20. The molecule has 26 heavy (non-hydrogen) atoms. The normalized spacial score (nSPS) is 20.1. The first kappa shape index (κ1) is 18.4. The first-order chi connectivity index (χ1) is 12.7. The first-order valence-corrected chi connectivity index (χ1v) is 9.10. The number of rotatable bonds is 6. The Morgan fingerprint density at radius 1 is 1.19 bits per heavy atom. The molecular weight excluding hydrogens is 331 g/mol. The molecule has 1 aliphatic rings. The number of amides is 1. The molecule has 1 saturated heterocycles. The minimum absolute atomic E-state index is 0.0311. The summed E-state index contributed by atoms with van der Waals surface area (Å²) in [7, 11) is 0. The smallest absolute Gasteiger partial charge is 0.407 e. The molecule has 0 unspecified atom stereocenters. The first-order valence-electron chi connectivity index (χ1n) is 9.10. The van der Waals surface area contributed by atoms with Gasteiger partial charge in [-0.25, -0.2) is 9.18 Å². The van der Waals surface area contributed by atoms with Crippen LogP contribution in [0.25, 0.3) is 0 Å². The molecule has 1 amide bonds. The quantitative estimate of drug-likeness (QED) is 0.853. The largest absolute Gasteiger partial charge is 0.450 e. The molecule has 1 heterocycles. The third-order valence-corrected chi connectivity index (χ3v) is 4.66. The average Bonchev–Trinajstić information content (AvgIpc) is 3.03. The Kier molecular flexibility index (Phi) is 6.23. The number of nitrogens with zero attached hydrogens (tertiary/aromatic N) is 1. The third kappa shape index (κ3) is 4.82. The second-order valence-electron chi connectivity index (χ2n) is 6.73. The maximum Gasteiger partial charge on any atom is 0.407 e. The number of ether oxygens (including phenoxy) is 1. The molecule has 2 atom stereocenters. The van der Waals surface area contributed by atoms with Crippen LogP contribution < -0.4 is 5.32 Å². The Bertz CT molecular complexity index is 723. The number of likely N-dealkylation sites (tertiary alicyclic amines) is 1. The summed E-state index contributed by atoms with van der Waals surface area (Å²) in [5, 5.41) is 2.97. The summed E-state index contributed by atoms with van der Waals surface area (Å²) in [4.78, 5) is 14.3. The monoisotopic (exact) mass is 356 g/mol. The molecule has 0 radical (unpaired) electrons. The van der Waals surface area contributed by atoms with Crippen molar-refractivity contribution in [1.29, 1.82) is 0 Å². The molecule has 5 heteroatoms. The molecular formula is C21H25FN2O2. The Labute approximate surface area is 154 Å². The van der Waals surface area contributed by atoms with Gasteiger partial charge in [0.15, 0.2) is 0 Å². The Balaban J connectivity index is 1.73. The number of benzene rings is 2. The predicted octanol–water partition coefficient (Wildman–Crippen LogP) is 3.93. The zero-order chi connectivity index (χ0) is 18.4. The van der Waals surface area contributed by atoms with E-state index in [9.17, 15) is 9.18 Å². The van der Waals surface area contributed by atoms with Crippen LogP contribution in [0.15, 0.2) is 54.6 Å². The minimum atomic E-state index is -0.403. The summed E-state index contributed by atoms with van der Waals surface area (Å²) >= 11 is 0. The van der Waals surface area contributed by atoms with Crippen LogP contribution in [0.4, 0.5) is 9.18 Å². The molecule has 4 nitrogen and oxygen atoms in total. The van der Waals surface area contributed by atoms with Gasteiger partial charge in [0.1, 0.15) is 5.82 Å². The fraction of sp³-hybridized carbons (Fsp3) is 0.381. The van der Waals surface area contributed by atoms with Gasteiger partial charge in [-0.1, -0.05) is 49.4 Å². The van der Waals surface area contributed by atoms with E-state index < -0.39 is 6.09 Å². The number of alkyl carbamates (subject to hydrolysis) is 1. The van der Waals surface area contributed by atoms with Gasteiger partial charge in [-0.3, -0.25) is 4.90 Å². The van der Waals surface area contributed by atoms with Crippen LogP contribution in [-0.2, 0) is 11.3 Å². The highest BCUT2D eigenvalue weighted by molar-refractivity contribution is 5.68. The lowest BCUT2D eigenvalue weighted by Crippen LogP contribution is -2.40. The minimum Gasteiger partial charge on any atom is -0.450 e. The SMILES string of the molecule is CCCOC(=O)N[C@H]1CN(Cc2ccccc2)C[C@@H]1c1cccc(F)c1. The molecule has 1 N–H and O–H groups in total. The Morgan fingerprint density at radius 3 is 2.73 bits per heavy atom. The van der Waals surface area contributed by atoms with E-state index in [0.717, 1.165) is 25.1 Å². The van der Waals surface area contributed by atoms with E-state index in [-0.39, 0.29) is 17.8 Å². The maximum atomic E-state index is 13.7. The second kappa shape index (κ2) is 8.81. The van der Waals surface area contributed by atoms with Gasteiger partial charge in [-0.05, 0) is 29.7 Å². The summed E-state index contributed by atoms with van der Waals surface area (Å²) in [5.41, 5.74) is 2.13. The van der Waals surface area contributed by atoms with E-state index in [1.807, 2.05) is 31.2 Å². The van der Waals surface area contributed by atoms with Crippen LogP contribution in [-0.4, -0.2) is 36.7 Å². The van der Waals surface area contributed by atoms with E-state index in [4.69, 9.17) is 4.74 Å². The third-order valence-electron chi connectivity index (χ3n) is 4.66. The van der Waals surface area contributed by atoms with Crippen molar-refractivity contribution in [2.24, 2.45) is 0 Å². The van der Waals surface area contributed by atoms with E-state index in [1.165, 1.54) is 11.6 Å². The highest BCUT2D eigenvalue weighted by atomic mass is 19.1. The van der Waals surface area contributed by atoms with Crippen LogP contribution in [0, 0.1) is 5.82 Å². The molecule has 2 aromatic carbocycles. The molecule has 1 aliphatic heterocycles. The van der Waals surface area contributed by atoms with Crippen LogP contribution >= 0.6 is 0 Å². The van der Waals surface area contributed by atoms with Gasteiger partial charge in [0, 0.05) is 25.6 Å². The standard InChI is InChI=1S/C21H25FN2O2/c1-2-11-26-21(25)23-20-15-24(13-16-7-4-3-5-8-16)14-19(20)17-9-6-10-18(22)12-17/h3-10,12,19-20H,2,11,13-15H2,1H3,(H,23,25)/t19-,20+/m1/s1. The maximum absolute atomic E-state index is 13.7. The van der Waals surface area contributed by atoms with Gasteiger partial charge >= 0.3 is 6.09 Å². The van der Waals surface area contributed by atoms with Gasteiger partial charge < -0.3 is 10.1 Å². The van der Waals surface area contributed by atoms with Crippen molar-refractivity contribution < 1.29 is 13.9 Å². The molecule has 0 aliphatic carbocycles.